The van der Waals surface area contributed by atoms with Gasteiger partial charge in [0.05, 0.1) is 11.9 Å². The molecule has 0 spiro atoms. The molecule has 0 aromatic rings. The first kappa shape index (κ1) is 18.9. The van der Waals surface area contributed by atoms with E-state index in [-0.39, 0.29) is 36.3 Å². The molecule has 0 radical (unpaired) electrons. The average molecular weight is 305 g/mol. The maximum absolute atomic E-state index is 11.8. The molecule has 1 N–H and O–H groups in total. The molecule has 0 aromatic heterocycles. The number of Topliss-reactive ketones (excluding diaryl/α,β-unsaturated/α-hetero) is 1. The Balaban J connectivity index is 4.39. The standard InChI is InChI=1S/C14H25ClN2O3/c1-10(2)5-7-13(19)16-11(12(18)9-15)6-8-14(20)17(3)4/h10-11H,5-9H2,1-4H3,(H,16,19). The van der Waals surface area contributed by atoms with Gasteiger partial charge < -0.3 is 10.2 Å². The van der Waals surface area contributed by atoms with Crippen molar-refractivity contribution < 1.29 is 14.4 Å². The topological polar surface area (TPSA) is 66.5 Å². The van der Waals surface area contributed by atoms with Crippen molar-refractivity contribution in [1.82, 2.24) is 10.2 Å². The van der Waals surface area contributed by atoms with Crippen LogP contribution in [0.5, 0.6) is 0 Å². The monoisotopic (exact) mass is 304 g/mol. The lowest BCUT2D eigenvalue weighted by molar-refractivity contribution is -0.130. The van der Waals surface area contributed by atoms with Gasteiger partial charge in [-0.15, -0.1) is 11.6 Å². The Hall–Kier alpha value is -1.10. The van der Waals surface area contributed by atoms with Gasteiger partial charge in [0.1, 0.15) is 0 Å². The average Bonchev–Trinajstić information content (AvgIpc) is 2.39. The zero-order valence-electron chi connectivity index (χ0n) is 12.7. The molecule has 1 atom stereocenters. The van der Waals surface area contributed by atoms with E-state index in [1.807, 2.05) is 13.8 Å². The molecule has 0 aliphatic rings. The third-order valence-corrected chi connectivity index (χ3v) is 3.21. The van der Waals surface area contributed by atoms with Crippen molar-refractivity contribution in [3.63, 3.8) is 0 Å². The van der Waals surface area contributed by atoms with Crippen LogP contribution in [0.25, 0.3) is 0 Å². The number of rotatable bonds is 9. The van der Waals surface area contributed by atoms with Gasteiger partial charge in [0.2, 0.25) is 11.8 Å². The fourth-order valence-corrected chi connectivity index (χ4v) is 1.77. The van der Waals surface area contributed by atoms with E-state index in [9.17, 15) is 14.4 Å². The van der Waals surface area contributed by atoms with E-state index in [0.29, 0.717) is 12.3 Å². The molecule has 6 heteroatoms. The summed E-state index contributed by atoms with van der Waals surface area (Å²) < 4.78 is 0. The van der Waals surface area contributed by atoms with Crippen LogP contribution in [0.2, 0.25) is 0 Å². The summed E-state index contributed by atoms with van der Waals surface area (Å²) in [6, 6.07) is -0.670. The molecule has 0 fully saturated rings. The van der Waals surface area contributed by atoms with Gasteiger partial charge in [-0.2, -0.15) is 0 Å². The zero-order chi connectivity index (χ0) is 15.7. The van der Waals surface area contributed by atoms with Crippen molar-refractivity contribution in [3.05, 3.63) is 0 Å². The molecule has 5 nitrogen and oxygen atoms in total. The minimum atomic E-state index is -0.670. The third-order valence-electron chi connectivity index (χ3n) is 2.95. The van der Waals surface area contributed by atoms with Gasteiger partial charge in [-0.3, -0.25) is 14.4 Å². The SMILES string of the molecule is CC(C)CCC(=O)NC(CCC(=O)N(C)C)C(=O)CCl. The molecule has 0 saturated carbocycles. The van der Waals surface area contributed by atoms with Gasteiger partial charge in [-0.1, -0.05) is 13.8 Å². The van der Waals surface area contributed by atoms with Crippen LogP contribution in [0.15, 0.2) is 0 Å². The Morgan fingerprint density at radius 3 is 2.15 bits per heavy atom. The molecule has 0 heterocycles. The summed E-state index contributed by atoms with van der Waals surface area (Å²) in [6.07, 6.45) is 1.65. The van der Waals surface area contributed by atoms with Gasteiger partial charge >= 0.3 is 0 Å². The molecule has 0 bridgehead atoms. The van der Waals surface area contributed by atoms with Crippen molar-refractivity contribution in [3.8, 4) is 0 Å². The van der Waals surface area contributed by atoms with E-state index >= 15 is 0 Å². The third kappa shape index (κ3) is 8.15. The first-order chi connectivity index (χ1) is 9.27. The molecule has 0 saturated heterocycles. The highest BCUT2D eigenvalue weighted by Crippen LogP contribution is 2.06. The number of hydrogen-bond donors (Lipinski definition) is 1. The van der Waals surface area contributed by atoms with E-state index < -0.39 is 6.04 Å². The molecule has 2 amide bonds. The highest BCUT2D eigenvalue weighted by molar-refractivity contribution is 6.28. The molecule has 116 valence electrons. The number of nitrogens with zero attached hydrogens (tertiary/aromatic N) is 1. The van der Waals surface area contributed by atoms with E-state index in [2.05, 4.69) is 5.32 Å². The number of carbonyl (C=O) groups excluding carboxylic acids is 3. The summed E-state index contributed by atoms with van der Waals surface area (Å²) in [7, 11) is 3.31. The van der Waals surface area contributed by atoms with Crippen molar-refractivity contribution in [2.75, 3.05) is 20.0 Å². The molecular formula is C14H25ClN2O3. The second kappa shape index (κ2) is 9.75. The predicted molar refractivity (Wildman–Crippen MR) is 79.7 cm³/mol. The Morgan fingerprint density at radius 2 is 1.70 bits per heavy atom. The fraction of sp³-hybridized carbons (Fsp3) is 0.786. The van der Waals surface area contributed by atoms with Crippen LogP contribution in [0.4, 0.5) is 0 Å². The number of carbonyl (C=O) groups is 3. The summed E-state index contributed by atoms with van der Waals surface area (Å²) in [5.74, 6) is -0.228. The molecule has 1 unspecified atom stereocenters. The lowest BCUT2D eigenvalue weighted by Crippen LogP contribution is -2.42. The van der Waals surface area contributed by atoms with Crippen LogP contribution in [0.1, 0.15) is 39.5 Å². The number of ketones is 1. The minimum Gasteiger partial charge on any atom is -0.349 e. The maximum Gasteiger partial charge on any atom is 0.222 e. The summed E-state index contributed by atoms with van der Waals surface area (Å²) >= 11 is 5.54. The van der Waals surface area contributed by atoms with Crippen molar-refractivity contribution >= 4 is 29.2 Å². The largest absolute Gasteiger partial charge is 0.349 e. The number of nitrogens with one attached hydrogen (secondary N) is 1. The van der Waals surface area contributed by atoms with Crippen LogP contribution in [-0.2, 0) is 14.4 Å². The van der Waals surface area contributed by atoms with E-state index in [1.54, 1.807) is 14.1 Å². The molecule has 0 rings (SSSR count). The van der Waals surface area contributed by atoms with Crippen LogP contribution in [0.3, 0.4) is 0 Å². The fourth-order valence-electron chi connectivity index (χ4n) is 1.58. The Labute approximate surface area is 126 Å². The predicted octanol–water partition coefficient (Wildman–Crippen LogP) is 1.58. The summed E-state index contributed by atoms with van der Waals surface area (Å²) in [6.45, 7) is 4.06. The Kier molecular flexibility index (Phi) is 9.21. The first-order valence-corrected chi connectivity index (χ1v) is 7.39. The second-order valence-corrected chi connectivity index (χ2v) is 5.75. The second-order valence-electron chi connectivity index (χ2n) is 5.48. The maximum atomic E-state index is 11.8. The van der Waals surface area contributed by atoms with Gasteiger partial charge in [0.15, 0.2) is 5.78 Å². The Morgan fingerprint density at radius 1 is 1.10 bits per heavy atom. The quantitative estimate of drug-likeness (QED) is 0.658. The molecule has 20 heavy (non-hydrogen) atoms. The highest BCUT2D eigenvalue weighted by atomic mass is 35.5. The Bertz CT molecular complexity index is 343. The smallest absolute Gasteiger partial charge is 0.222 e. The van der Waals surface area contributed by atoms with E-state index in [1.165, 1.54) is 4.90 Å². The first-order valence-electron chi connectivity index (χ1n) is 6.86. The minimum absolute atomic E-state index is 0.0752. The molecule has 0 aromatic carbocycles. The van der Waals surface area contributed by atoms with Crippen LogP contribution >= 0.6 is 11.6 Å². The van der Waals surface area contributed by atoms with E-state index in [0.717, 1.165) is 6.42 Å². The van der Waals surface area contributed by atoms with Crippen molar-refractivity contribution in [1.29, 1.82) is 0 Å². The lowest BCUT2D eigenvalue weighted by atomic mass is 10.0. The van der Waals surface area contributed by atoms with Gasteiger partial charge in [0.25, 0.3) is 0 Å². The van der Waals surface area contributed by atoms with Gasteiger partial charge in [0, 0.05) is 26.9 Å². The molecular weight excluding hydrogens is 280 g/mol. The number of amides is 2. The van der Waals surface area contributed by atoms with Crippen molar-refractivity contribution in [2.45, 2.75) is 45.6 Å². The number of halogens is 1. The molecule has 0 aliphatic heterocycles. The molecule has 0 aliphatic carbocycles. The van der Waals surface area contributed by atoms with E-state index in [4.69, 9.17) is 11.6 Å². The van der Waals surface area contributed by atoms with Crippen LogP contribution < -0.4 is 5.32 Å². The normalized spacial score (nSPS) is 12.1. The zero-order valence-corrected chi connectivity index (χ0v) is 13.5. The summed E-state index contributed by atoms with van der Waals surface area (Å²) in [4.78, 5) is 36.4. The lowest BCUT2D eigenvalue weighted by Gasteiger charge is -2.18. The van der Waals surface area contributed by atoms with Crippen LogP contribution in [0, 0.1) is 5.92 Å². The van der Waals surface area contributed by atoms with Crippen LogP contribution in [-0.4, -0.2) is 48.5 Å². The summed E-state index contributed by atoms with van der Waals surface area (Å²) in [5.41, 5.74) is 0. The highest BCUT2D eigenvalue weighted by Gasteiger charge is 2.21. The van der Waals surface area contributed by atoms with Crippen molar-refractivity contribution in [2.24, 2.45) is 5.92 Å². The summed E-state index contributed by atoms with van der Waals surface area (Å²) in [5, 5.41) is 2.67. The number of hydrogen-bond acceptors (Lipinski definition) is 3. The van der Waals surface area contributed by atoms with Gasteiger partial charge in [-0.05, 0) is 18.8 Å². The van der Waals surface area contributed by atoms with Gasteiger partial charge in [-0.25, -0.2) is 0 Å². The number of alkyl halides is 1.